The summed E-state index contributed by atoms with van der Waals surface area (Å²) >= 11 is 0. The van der Waals surface area contributed by atoms with Crippen molar-refractivity contribution in [2.24, 2.45) is 5.92 Å². The number of halogens is 1. The Morgan fingerprint density at radius 3 is 2.43 bits per heavy atom. The molecule has 1 saturated heterocycles. The van der Waals surface area contributed by atoms with E-state index >= 15 is 0 Å². The molecule has 1 amide bonds. The van der Waals surface area contributed by atoms with Gasteiger partial charge in [-0.05, 0) is 31.8 Å². The number of hydrogen-bond acceptors (Lipinski definition) is 4. The van der Waals surface area contributed by atoms with Crippen LogP contribution in [0.5, 0.6) is 0 Å². The van der Waals surface area contributed by atoms with Crippen LogP contribution in [0, 0.1) is 5.92 Å². The van der Waals surface area contributed by atoms with Gasteiger partial charge in [0, 0.05) is 41.8 Å². The molecule has 1 fully saturated rings. The second-order valence-electron chi connectivity index (χ2n) is 5.68. The van der Waals surface area contributed by atoms with Crippen LogP contribution >= 0.6 is 10.7 Å². The van der Waals surface area contributed by atoms with Gasteiger partial charge in [0.2, 0.25) is 15.0 Å². The van der Waals surface area contributed by atoms with Crippen molar-refractivity contribution in [2.45, 2.75) is 13.0 Å². The monoisotopic (exact) mass is 330 g/mol. The van der Waals surface area contributed by atoms with Crippen LogP contribution in [-0.4, -0.2) is 45.6 Å². The van der Waals surface area contributed by atoms with Gasteiger partial charge >= 0.3 is 0 Å². The Balaban J connectivity index is 2.06. The van der Waals surface area contributed by atoms with Gasteiger partial charge < -0.3 is 9.80 Å². The molecule has 0 bridgehead atoms. The third kappa shape index (κ3) is 4.69. The van der Waals surface area contributed by atoms with E-state index in [0.717, 1.165) is 17.8 Å². The molecule has 0 aromatic heterocycles. The average Bonchev–Trinajstić information content (AvgIpc) is 2.68. The van der Waals surface area contributed by atoms with E-state index in [1.807, 2.05) is 38.4 Å². The molecule has 0 spiro atoms. The highest BCUT2D eigenvalue weighted by Gasteiger charge is 2.33. The Kier molecular flexibility index (Phi) is 4.91. The Morgan fingerprint density at radius 1 is 1.29 bits per heavy atom. The van der Waals surface area contributed by atoms with E-state index in [1.54, 1.807) is 4.90 Å². The maximum Gasteiger partial charge on any atom is 0.232 e. The highest BCUT2D eigenvalue weighted by atomic mass is 35.7. The molecule has 0 saturated carbocycles. The number of amides is 1. The zero-order valence-corrected chi connectivity index (χ0v) is 13.7. The van der Waals surface area contributed by atoms with Gasteiger partial charge in [-0.2, -0.15) is 0 Å². The Bertz CT molecular complexity index is 614. The minimum Gasteiger partial charge on any atom is -0.312 e. The molecule has 7 heteroatoms. The molecule has 1 atom stereocenters. The SMILES string of the molecule is CN(C)Cc1ccc(N2CC(CS(=O)(=O)Cl)CC2=O)cc1. The van der Waals surface area contributed by atoms with Gasteiger partial charge in [0.25, 0.3) is 0 Å². The number of anilines is 1. The van der Waals surface area contributed by atoms with E-state index < -0.39 is 9.05 Å². The smallest absolute Gasteiger partial charge is 0.232 e. The molecule has 116 valence electrons. The molecule has 0 radical (unpaired) electrons. The molecule has 0 aliphatic carbocycles. The molecule has 1 aliphatic heterocycles. The van der Waals surface area contributed by atoms with Crippen molar-refractivity contribution in [3.8, 4) is 0 Å². The van der Waals surface area contributed by atoms with E-state index in [2.05, 4.69) is 4.90 Å². The van der Waals surface area contributed by atoms with Crippen molar-refractivity contribution < 1.29 is 13.2 Å². The van der Waals surface area contributed by atoms with Crippen molar-refractivity contribution in [3.05, 3.63) is 29.8 Å². The fourth-order valence-corrected chi connectivity index (χ4v) is 3.89. The van der Waals surface area contributed by atoms with Crippen molar-refractivity contribution in [1.29, 1.82) is 0 Å². The lowest BCUT2D eigenvalue weighted by atomic mass is 10.1. The van der Waals surface area contributed by atoms with E-state index in [4.69, 9.17) is 10.7 Å². The van der Waals surface area contributed by atoms with Crippen LogP contribution in [0.4, 0.5) is 5.69 Å². The van der Waals surface area contributed by atoms with Crippen molar-refractivity contribution in [1.82, 2.24) is 4.90 Å². The number of benzene rings is 1. The summed E-state index contributed by atoms with van der Waals surface area (Å²) in [7, 11) is 5.68. The molecular weight excluding hydrogens is 312 g/mol. The minimum atomic E-state index is -3.57. The number of rotatable bonds is 5. The van der Waals surface area contributed by atoms with Crippen LogP contribution < -0.4 is 4.90 Å². The van der Waals surface area contributed by atoms with Crippen molar-refractivity contribution in [3.63, 3.8) is 0 Å². The van der Waals surface area contributed by atoms with Gasteiger partial charge in [0.1, 0.15) is 0 Å². The lowest BCUT2D eigenvalue weighted by Gasteiger charge is -2.17. The minimum absolute atomic E-state index is 0.0549. The summed E-state index contributed by atoms with van der Waals surface area (Å²) in [6, 6.07) is 7.76. The molecule has 1 heterocycles. The first-order chi connectivity index (χ1) is 9.74. The van der Waals surface area contributed by atoms with E-state index in [-0.39, 0.29) is 24.0 Å². The van der Waals surface area contributed by atoms with Gasteiger partial charge in [-0.1, -0.05) is 12.1 Å². The summed E-state index contributed by atoms with van der Waals surface area (Å²) in [6.45, 7) is 1.24. The van der Waals surface area contributed by atoms with Gasteiger partial charge in [0.05, 0.1) is 5.75 Å². The zero-order valence-electron chi connectivity index (χ0n) is 12.1. The van der Waals surface area contributed by atoms with Gasteiger partial charge in [0.15, 0.2) is 0 Å². The Hall–Kier alpha value is -1.11. The molecule has 21 heavy (non-hydrogen) atoms. The van der Waals surface area contributed by atoms with E-state index in [0.29, 0.717) is 6.54 Å². The van der Waals surface area contributed by atoms with Gasteiger partial charge in [-0.25, -0.2) is 8.42 Å². The van der Waals surface area contributed by atoms with Crippen LogP contribution in [0.25, 0.3) is 0 Å². The lowest BCUT2D eigenvalue weighted by molar-refractivity contribution is -0.117. The molecule has 0 N–H and O–H groups in total. The number of hydrogen-bond donors (Lipinski definition) is 0. The third-order valence-corrected chi connectivity index (χ3v) is 4.63. The number of nitrogens with zero attached hydrogens (tertiary/aromatic N) is 2. The highest BCUT2D eigenvalue weighted by Crippen LogP contribution is 2.27. The summed E-state index contributed by atoms with van der Waals surface area (Å²) < 4.78 is 22.2. The second-order valence-corrected chi connectivity index (χ2v) is 8.51. The van der Waals surface area contributed by atoms with E-state index in [1.165, 1.54) is 0 Å². The molecule has 1 aromatic carbocycles. The summed E-state index contributed by atoms with van der Waals surface area (Å²) in [5.74, 6) is -0.447. The van der Waals surface area contributed by atoms with Crippen LogP contribution in [0.1, 0.15) is 12.0 Å². The summed E-state index contributed by atoms with van der Waals surface area (Å²) in [4.78, 5) is 15.7. The predicted octanol–water partition coefficient (Wildman–Crippen LogP) is 1.67. The molecule has 1 unspecified atom stereocenters. The summed E-state index contributed by atoms with van der Waals surface area (Å²) in [6.07, 6.45) is 0.228. The standard InChI is InChI=1S/C14H19ClN2O3S/c1-16(2)8-11-3-5-13(6-4-11)17-9-12(7-14(17)18)10-21(15,19)20/h3-6,12H,7-10H2,1-2H3. The van der Waals surface area contributed by atoms with Crippen LogP contribution in [0.2, 0.25) is 0 Å². The fraction of sp³-hybridized carbons (Fsp3) is 0.500. The first-order valence-electron chi connectivity index (χ1n) is 6.71. The Morgan fingerprint density at radius 2 is 1.90 bits per heavy atom. The molecule has 1 aromatic rings. The second kappa shape index (κ2) is 6.34. The molecular formula is C14H19ClN2O3S. The number of carbonyl (C=O) groups is 1. The predicted molar refractivity (Wildman–Crippen MR) is 83.9 cm³/mol. The number of carbonyl (C=O) groups excluding carboxylic acids is 1. The maximum absolute atomic E-state index is 12.0. The highest BCUT2D eigenvalue weighted by molar-refractivity contribution is 8.13. The topological polar surface area (TPSA) is 57.7 Å². The zero-order chi connectivity index (χ0) is 15.6. The maximum atomic E-state index is 12.0. The molecule has 2 rings (SSSR count). The van der Waals surface area contributed by atoms with Crippen LogP contribution in [-0.2, 0) is 20.4 Å². The summed E-state index contributed by atoms with van der Waals surface area (Å²) in [5, 5.41) is 0. The van der Waals surface area contributed by atoms with Crippen molar-refractivity contribution in [2.75, 3.05) is 31.3 Å². The lowest BCUT2D eigenvalue weighted by Crippen LogP contribution is -2.25. The van der Waals surface area contributed by atoms with E-state index in [9.17, 15) is 13.2 Å². The normalized spacial score (nSPS) is 19.5. The largest absolute Gasteiger partial charge is 0.312 e. The molecule has 1 aliphatic rings. The fourth-order valence-electron chi connectivity index (χ4n) is 2.57. The average molecular weight is 331 g/mol. The van der Waals surface area contributed by atoms with Crippen LogP contribution in [0.3, 0.4) is 0 Å². The first-order valence-corrected chi connectivity index (χ1v) is 9.19. The van der Waals surface area contributed by atoms with Gasteiger partial charge in [-0.3, -0.25) is 4.79 Å². The third-order valence-electron chi connectivity index (χ3n) is 3.39. The first kappa shape index (κ1) is 16.3. The van der Waals surface area contributed by atoms with Gasteiger partial charge in [-0.15, -0.1) is 0 Å². The van der Waals surface area contributed by atoms with Crippen LogP contribution in [0.15, 0.2) is 24.3 Å². The quantitative estimate of drug-likeness (QED) is 0.771. The molecule has 5 nitrogen and oxygen atoms in total. The summed E-state index contributed by atoms with van der Waals surface area (Å²) in [5.41, 5.74) is 1.97. The Labute approximate surface area is 129 Å². The van der Waals surface area contributed by atoms with Crippen molar-refractivity contribution >= 4 is 31.3 Å².